The second-order valence-electron chi connectivity index (χ2n) is 9.46. The molecular formula is C29H34BrN3O5S. The van der Waals surface area contributed by atoms with Crippen LogP contribution < -0.4 is 14.4 Å². The molecule has 208 valence electrons. The van der Waals surface area contributed by atoms with Crippen LogP contribution in [-0.2, 0) is 32.6 Å². The fourth-order valence-electron chi connectivity index (χ4n) is 4.20. The van der Waals surface area contributed by atoms with Crippen LogP contribution in [0.3, 0.4) is 0 Å². The molecule has 8 nitrogen and oxygen atoms in total. The zero-order valence-electron chi connectivity index (χ0n) is 22.5. The van der Waals surface area contributed by atoms with Gasteiger partial charge in [-0.25, -0.2) is 8.42 Å². The maximum atomic E-state index is 14.1. The number of para-hydroxylation sites is 2. The number of halogens is 1. The molecule has 0 heterocycles. The van der Waals surface area contributed by atoms with Gasteiger partial charge in [-0.05, 0) is 49.2 Å². The summed E-state index contributed by atoms with van der Waals surface area (Å²) < 4.78 is 33.1. The maximum Gasteiger partial charge on any atom is 0.244 e. The summed E-state index contributed by atoms with van der Waals surface area (Å²) in [5.74, 6) is -0.529. The Balaban J connectivity index is 2.08. The highest BCUT2D eigenvalue weighted by Crippen LogP contribution is 2.30. The molecule has 0 bridgehead atoms. The molecule has 0 saturated carbocycles. The minimum absolute atomic E-state index is 0.102. The third-order valence-corrected chi connectivity index (χ3v) is 7.60. The largest absolute Gasteiger partial charge is 0.495 e. The van der Waals surface area contributed by atoms with Crippen LogP contribution in [0.25, 0.3) is 0 Å². The Bertz CT molecular complexity index is 1380. The molecule has 0 radical (unpaired) electrons. The molecule has 0 fully saturated rings. The van der Waals surface area contributed by atoms with Crippen molar-refractivity contribution in [2.75, 3.05) is 24.2 Å². The van der Waals surface area contributed by atoms with Crippen LogP contribution >= 0.6 is 15.9 Å². The van der Waals surface area contributed by atoms with Crippen molar-refractivity contribution in [2.24, 2.45) is 0 Å². The van der Waals surface area contributed by atoms with Crippen LogP contribution in [0, 0.1) is 0 Å². The number of hydrogen-bond acceptors (Lipinski definition) is 5. The van der Waals surface area contributed by atoms with Gasteiger partial charge in [-0.15, -0.1) is 0 Å². The second kappa shape index (κ2) is 13.6. The lowest BCUT2D eigenvalue weighted by atomic mass is 10.0. The molecule has 0 aliphatic carbocycles. The molecule has 10 heteroatoms. The molecule has 0 spiro atoms. The lowest BCUT2D eigenvalue weighted by Gasteiger charge is -2.34. The van der Waals surface area contributed by atoms with Gasteiger partial charge in [0.25, 0.3) is 0 Å². The molecule has 1 atom stereocenters. The third-order valence-electron chi connectivity index (χ3n) is 5.98. The fourth-order valence-corrected chi connectivity index (χ4v) is 5.50. The SMILES string of the molecule is COc1ccccc1N(CC(=O)N(Cc1cccc(Br)c1)[C@H](Cc1ccccc1)C(=O)NC(C)C)S(C)(=O)=O. The number of rotatable bonds is 12. The maximum absolute atomic E-state index is 14.1. The predicted molar refractivity (Wildman–Crippen MR) is 157 cm³/mol. The van der Waals surface area contributed by atoms with Crippen molar-refractivity contribution in [1.82, 2.24) is 10.2 Å². The Kier molecular flexibility index (Phi) is 10.5. The predicted octanol–water partition coefficient (Wildman–Crippen LogP) is 4.39. The van der Waals surface area contributed by atoms with Crippen LogP contribution in [0.1, 0.15) is 25.0 Å². The van der Waals surface area contributed by atoms with Gasteiger partial charge >= 0.3 is 0 Å². The van der Waals surface area contributed by atoms with Crippen molar-refractivity contribution in [2.45, 2.75) is 38.9 Å². The van der Waals surface area contributed by atoms with Crippen LogP contribution in [0.5, 0.6) is 5.75 Å². The molecule has 3 aromatic rings. The first-order valence-corrected chi connectivity index (χ1v) is 15.1. The standard InChI is InChI=1S/C29H34BrN3O5S/c1-21(2)31-29(35)26(18-22-11-6-5-7-12-22)32(19-23-13-10-14-24(30)17-23)28(34)20-33(39(4,36)37)25-15-8-9-16-27(25)38-3/h5-17,21,26H,18-20H2,1-4H3,(H,31,35)/t26-/m1/s1. The lowest BCUT2D eigenvalue weighted by molar-refractivity contribution is -0.140. The van der Waals surface area contributed by atoms with E-state index in [0.717, 1.165) is 26.2 Å². The Labute approximate surface area is 239 Å². The minimum Gasteiger partial charge on any atom is -0.495 e. The van der Waals surface area contributed by atoms with Gasteiger partial charge in [0.05, 0.1) is 19.1 Å². The van der Waals surface area contributed by atoms with Gasteiger partial charge in [-0.3, -0.25) is 13.9 Å². The Hall–Kier alpha value is -3.37. The highest BCUT2D eigenvalue weighted by molar-refractivity contribution is 9.10. The first-order chi connectivity index (χ1) is 18.5. The van der Waals surface area contributed by atoms with Gasteiger partial charge in [-0.2, -0.15) is 0 Å². The van der Waals surface area contributed by atoms with Gasteiger partial charge in [0, 0.05) is 23.5 Å². The molecule has 0 aliphatic heterocycles. The number of anilines is 1. The molecular weight excluding hydrogens is 582 g/mol. The van der Waals surface area contributed by atoms with Gasteiger partial charge in [0.1, 0.15) is 18.3 Å². The van der Waals surface area contributed by atoms with Crippen LogP contribution in [0.2, 0.25) is 0 Å². The minimum atomic E-state index is -3.88. The topological polar surface area (TPSA) is 96.0 Å². The van der Waals surface area contributed by atoms with E-state index in [1.54, 1.807) is 24.3 Å². The van der Waals surface area contributed by atoms with E-state index in [0.29, 0.717) is 5.75 Å². The number of amides is 2. The monoisotopic (exact) mass is 615 g/mol. The van der Waals surface area contributed by atoms with Crippen molar-refractivity contribution in [3.8, 4) is 5.75 Å². The van der Waals surface area contributed by atoms with Gasteiger partial charge < -0.3 is 15.0 Å². The highest BCUT2D eigenvalue weighted by atomic mass is 79.9. The van der Waals surface area contributed by atoms with Crippen LogP contribution in [0.15, 0.2) is 83.3 Å². The van der Waals surface area contributed by atoms with E-state index < -0.39 is 28.5 Å². The average molecular weight is 617 g/mol. The molecule has 2 amide bonds. The molecule has 3 rings (SSSR count). The zero-order valence-corrected chi connectivity index (χ0v) is 24.9. The smallest absolute Gasteiger partial charge is 0.244 e. The van der Waals surface area contributed by atoms with E-state index in [-0.39, 0.29) is 30.6 Å². The van der Waals surface area contributed by atoms with Crippen molar-refractivity contribution >= 4 is 43.5 Å². The Morgan fingerprint density at radius 3 is 2.21 bits per heavy atom. The van der Waals surface area contributed by atoms with E-state index >= 15 is 0 Å². The third kappa shape index (κ3) is 8.56. The molecule has 0 aromatic heterocycles. The summed E-state index contributed by atoms with van der Waals surface area (Å²) in [4.78, 5) is 29.1. The van der Waals surface area contributed by atoms with E-state index in [9.17, 15) is 18.0 Å². The van der Waals surface area contributed by atoms with E-state index in [4.69, 9.17) is 4.74 Å². The van der Waals surface area contributed by atoms with E-state index in [2.05, 4.69) is 21.2 Å². The molecule has 0 aliphatic rings. The summed E-state index contributed by atoms with van der Waals surface area (Å²) in [6.07, 6.45) is 1.30. The molecule has 39 heavy (non-hydrogen) atoms. The van der Waals surface area contributed by atoms with E-state index in [1.165, 1.54) is 12.0 Å². The number of sulfonamides is 1. The summed E-state index contributed by atoms with van der Waals surface area (Å²) >= 11 is 3.47. The normalized spacial score (nSPS) is 12.1. The first-order valence-electron chi connectivity index (χ1n) is 12.5. The van der Waals surface area contributed by atoms with Crippen LogP contribution in [-0.4, -0.2) is 57.1 Å². The zero-order chi connectivity index (χ0) is 28.6. The Morgan fingerprint density at radius 1 is 0.949 bits per heavy atom. The number of benzene rings is 3. The summed E-state index contributed by atoms with van der Waals surface area (Å²) in [6.45, 7) is 3.30. The fraction of sp³-hybridized carbons (Fsp3) is 0.310. The number of nitrogens with zero attached hydrogens (tertiary/aromatic N) is 2. The first kappa shape index (κ1) is 30.2. The highest BCUT2D eigenvalue weighted by Gasteiger charge is 2.33. The van der Waals surface area contributed by atoms with Gasteiger partial charge in [0.2, 0.25) is 21.8 Å². The summed E-state index contributed by atoms with van der Waals surface area (Å²) in [6, 6.07) is 22.4. The lowest BCUT2D eigenvalue weighted by Crippen LogP contribution is -2.54. The molecule has 1 N–H and O–H groups in total. The molecule has 0 unspecified atom stereocenters. The van der Waals surface area contributed by atoms with Crippen molar-refractivity contribution in [3.05, 3.63) is 94.5 Å². The van der Waals surface area contributed by atoms with Crippen LogP contribution in [0.4, 0.5) is 5.69 Å². The molecule has 0 saturated heterocycles. The summed E-state index contributed by atoms with van der Waals surface area (Å²) in [5.41, 5.74) is 1.90. The number of carbonyl (C=O) groups is 2. The number of nitrogens with one attached hydrogen (secondary N) is 1. The summed E-state index contributed by atoms with van der Waals surface area (Å²) in [7, 11) is -2.45. The van der Waals surface area contributed by atoms with Crippen molar-refractivity contribution < 1.29 is 22.7 Å². The number of ether oxygens (including phenoxy) is 1. The van der Waals surface area contributed by atoms with Gasteiger partial charge in [0.15, 0.2) is 0 Å². The number of methoxy groups -OCH3 is 1. The van der Waals surface area contributed by atoms with Gasteiger partial charge in [-0.1, -0.05) is 70.5 Å². The van der Waals surface area contributed by atoms with E-state index in [1.807, 2.05) is 68.4 Å². The number of carbonyl (C=O) groups excluding carboxylic acids is 2. The van der Waals surface area contributed by atoms with Crippen molar-refractivity contribution in [3.63, 3.8) is 0 Å². The summed E-state index contributed by atoms with van der Waals surface area (Å²) in [5, 5.41) is 2.94. The average Bonchev–Trinajstić information content (AvgIpc) is 2.88. The number of hydrogen-bond donors (Lipinski definition) is 1. The molecule has 3 aromatic carbocycles. The van der Waals surface area contributed by atoms with Crippen molar-refractivity contribution in [1.29, 1.82) is 0 Å². The quantitative estimate of drug-likeness (QED) is 0.326. The second-order valence-corrected chi connectivity index (χ2v) is 12.3. The Morgan fingerprint density at radius 2 is 1.59 bits per heavy atom.